The Morgan fingerprint density at radius 1 is 1.04 bits per heavy atom. The summed E-state index contributed by atoms with van der Waals surface area (Å²) in [6.45, 7) is 5.05. The van der Waals surface area contributed by atoms with Gasteiger partial charge in [-0.05, 0) is 75.0 Å². The topological polar surface area (TPSA) is 33.5 Å². The summed E-state index contributed by atoms with van der Waals surface area (Å²) in [5.41, 5.74) is 4.25. The van der Waals surface area contributed by atoms with Gasteiger partial charge in [-0.15, -0.1) is 0 Å². The highest BCUT2D eigenvalue weighted by Crippen LogP contribution is 2.24. The van der Waals surface area contributed by atoms with Gasteiger partial charge in [0.2, 0.25) is 0 Å². The zero-order chi connectivity index (χ0) is 16.1. The predicted octanol–water partition coefficient (Wildman–Crippen LogP) is 2.20. The lowest BCUT2D eigenvalue weighted by molar-refractivity contribution is -0.891. The number of amides is 1. The van der Waals surface area contributed by atoms with E-state index in [9.17, 15) is 4.79 Å². The van der Waals surface area contributed by atoms with Gasteiger partial charge in [0.1, 0.15) is 0 Å². The highest BCUT2D eigenvalue weighted by atomic mass is 16.2. The van der Waals surface area contributed by atoms with Crippen molar-refractivity contribution < 1.29 is 9.69 Å². The number of nitrogens with one attached hydrogen (secondary N) is 2. The average Bonchev–Trinajstić information content (AvgIpc) is 2.83. The molecule has 0 aromatic heterocycles. The second-order valence-electron chi connectivity index (χ2n) is 7.37. The molecule has 3 nitrogen and oxygen atoms in total. The Kier molecular flexibility index (Phi) is 5.71. The Labute approximate surface area is 140 Å². The molecular formula is C20H31N2O+. The quantitative estimate of drug-likeness (QED) is 0.877. The molecule has 0 bridgehead atoms. The molecule has 3 heteroatoms. The van der Waals surface area contributed by atoms with E-state index in [0.29, 0.717) is 6.54 Å². The smallest absolute Gasteiger partial charge is 0.275 e. The molecule has 1 aliphatic carbocycles. The van der Waals surface area contributed by atoms with Crippen LogP contribution in [0.4, 0.5) is 0 Å². The van der Waals surface area contributed by atoms with Crippen molar-refractivity contribution >= 4 is 5.91 Å². The summed E-state index contributed by atoms with van der Waals surface area (Å²) in [6.07, 6.45) is 10.2. The highest BCUT2D eigenvalue weighted by molar-refractivity contribution is 5.77. The summed E-state index contributed by atoms with van der Waals surface area (Å²) in [4.78, 5) is 13.8. The molecule has 1 aromatic carbocycles. The largest absolute Gasteiger partial charge is 0.345 e. The molecule has 0 unspecified atom stereocenters. The summed E-state index contributed by atoms with van der Waals surface area (Å²) in [5, 5.41) is 3.21. The maximum absolute atomic E-state index is 12.4. The molecule has 2 aliphatic rings. The lowest BCUT2D eigenvalue weighted by Gasteiger charge is -2.21. The molecule has 126 valence electrons. The van der Waals surface area contributed by atoms with E-state index < -0.39 is 0 Å². The van der Waals surface area contributed by atoms with Gasteiger partial charge in [0.25, 0.3) is 5.91 Å². The van der Waals surface area contributed by atoms with E-state index in [2.05, 4.69) is 30.4 Å². The van der Waals surface area contributed by atoms with Crippen LogP contribution >= 0.6 is 0 Å². The number of carbonyl (C=O) groups is 1. The summed E-state index contributed by atoms with van der Waals surface area (Å²) in [5.74, 6) is 0.201. The van der Waals surface area contributed by atoms with E-state index in [-0.39, 0.29) is 11.9 Å². The fourth-order valence-electron chi connectivity index (χ4n) is 4.03. The molecule has 1 fully saturated rings. The van der Waals surface area contributed by atoms with Gasteiger partial charge >= 0.3 is 0 Å². The van der Waals surface area contributed by atoms with Gasteiger partial charge in [-0.25, -0.2) is 0 Å². The van der Waals surface area contributed by atoms with E-state index in [1.165, 1.54) is 73.0 Å². The number of hydrogen-bond acceptors (Lipinski definition) is 1. The third-order valence-corrected chi connectivity index (χ3v) is 5.47. The van der Waals surface area contributed by atoms with E-state index in [0.717, 1.165) is 13.1 Å². The number of likely N-dealkylation sites (tertiary alicyclic amines) is 1. The van der Waals surface area contributed by atoms with Crippen LogP contribution in [0.1, 0.15) is 68.2 Å². The van der Waals surface area contributed by atoms with Gasteiger partial charge < -0.3 is 10.2 Å². The lowest BCUT2D eigenvalue weighted by Crippen LogP contribution is -3.13. The SMILES string of the molecule is C[C@@H](NC(=O)C[NH+]1CCCCCC1)c1ccc2c(c1)CCCC2. The van der Waals surface area contributed by atoms with E-state index in [4.69, 9.17) is 0 Å². The van der Waals surface area contributed by atoms with Gasteiger partial charge in [-0.2, -0.15) is 0 Å². The molecule has 1 amide bonds. The van der Waals surface area contributed by atoms with Crippen LogP contribution in [-0.4, -0.2) is 25.5 Å². The minimum atomic E-state index is 0.112. The predicted molar refractivity (Wildman–Crippen MR) is 93.7 cm³/mol. The number of fused-ring (bicyclic) bond motifs is 1. The summed E-state index contributed by atoms with van der Waals surface area (Å²) in [6, 6.07) is 6.90. The van der Waals surface area contributed by atoms with E-state index >= 15 is 0 Å². The molecule has 0 spiro atoms. The van der Waals surface area contributed by atoms with Crippen LogP contribution in [0.25, 0.3) is 0 Å². The lowest BCUT2D eigenvalue weighted by atomic mass is 9.89. The highest BCUT2D eigenvalue weighted by Gasteiger charge is 2.19. The van der Waals surface area contributed by atoms with Crippen molar-refractivity contribution in [2.45, 2.75) is 64.3 Å². The molecule has 1 atom stereocenters. The van der Waals surface area contributed by atoms with Crippen LogP contribution in [0.3, 0.4) is 0 Å². The van der Waals surface area contributed by atoms with Gasteiger partial charge in [-0.1, -0.05) is 18.2 Å². The Hall–Kier alpha value is -1.35. The number of carbonyl (C=O) groups excluding carboxylic acids is 1. The average molecular weight is 315 g/mol. The van der Waals surface area contributed by atoms with E-state index in [1.807, 2.05) is 0 Å². The Balaban J connectivity index is 1.55. The fourth-order valence-corrected chi connectivity index (χ4v) is 4.03. The number of quaternary nitrogens is 1. The molecule has 2 N–H and O–H groups in total. The van der Waals surface area contributed by atoms with Crippen molar-refractivity contribution in [3.63, 3.8) is 0 Å². The molecule has 0 saturated carbocycles. The van der Waals surface area contributed by atoms with Crippen LogP contribution in [-0.2, 0) is 17.6 Å². The van der Waals surface area contributed by atoms with Crippen molar-refractivity contribution in [2.24, 2.45) is 0 Å². The first-order chi connectivity index (χ1) is 11.2. The standard InChI is InChI=1S/C20H30N2O/c1-16(18-11-10-17-8-4-5-9-19(17)14-18)21-20(23)15-22-12-6-2-3-7-13-22/h10-11,14,16H,2-9,12-13,15H2,1H3,(H,21,23)/p+1/t16-/m1/s1. The third kappa shape index (κ3) is 4.57. The second-order valence-corrected chi connectivity index (χ2v) is 7.37. The molecule has 0 radical (unpaired) electrons. The summed E-state index contributed by atoms with van der Waals surface area (Å²) in [7, 11) is 0. The van der Waals surface area contributed by atoms with Gasteiger partial charge in [0, 0.05) is 0 Å². The van der Waals surface area contributed by atoms with Crippen LogP contribution in [0.15, 0.2) is 18.2 Å². The zero-order valence-electron chi connectivity index (χ0n) is 14.5. The van der Waals surface area contributed by atoms with Crippen molar-refractivity contribution in [1.82, 2.24) is 5.32 Å². The first kappa shape index (κ1) is 16.5. The summed E-state index contributed by atoms with van der Waals surface area (Å²) >= 11 is 0. The van der Waals surface area contributed by atoms with Crippen LogP contribution in [0.5, 0.6) is 0 Å². The van der Waals surface area contributed by atoms with Crippen molar-refractivity contribution in [3.05, 3.63) is 34.9 Å². The molecule has 1 aromatic rings. The number of aryl methyl sites for hydroxylation is 2. The van der Waals surface area contributed by atoms with Crippen LogP contribution in [0, 0.1) is 0 Å². The van der Waals surface area contributed by atoms with Crippen molar-refractivity contribution in [2.75, 3.05) is 19.6 Å². The van der Waals surface area contributed by atoms with Crippen LogP contribution in [0.2, 0.25) is 0 Å². The van der Waals surface area contributed by atoms with Gasteiger partial charge in [-0.3, -0.25) is 4.79 Å². The van der Waals surface area contributed by atoms with Gasteiger partial charge in [0.05, 0.1) is 19.1 Å². The molecule has 1 aliphatic heterocycles. The Morgan fingerprint density at radius 3 is 2.48 bits per heavy atom. The first-order valence-electron chi connectivity index (χ1n) is 9.47. The second kappa shape index (κ2) is 7.96. The number of benzene rings is 1. The molecule has 3 rings (SSSR count). The zero-order valence-corrected chi connectivity index (χ0v) is 14.5. The van der Waals surface area contributed by atoms with Crippen LogP contribution < -0.4 is 10.2 Å². The minimum absolute atomic E-state index is 0.112. The Bertz CT molecular complexity index is 532. The monoisotopic (exact) mass is 315 g/mol. The minimum Gasteiger partial charge on any atom is -0.345 e. The maximum Gasteiger partial charge on any atom is 0.275 e. The summed E-state index contributed by atoms with van der Waals surface area (Å²) < 4.78 is 0. The van der Waals surface area contributed by atoms with Crippen molar-refractivity contribution in [3.8, 4) is 0 Å². The Morgan fingerprint density at radius 2 is 1.74 bits per heavy atom. The number of rotatable bonds is 4. The fraction of sp³-hybridized carbons (Fsp3) is 0.650. The van der Waals surface area contributed by atoms with Gasteiger partial charge in [0.15, 0.2) is 6.54 Å². The van der Waals surface area contributed by atoms with Crippen molar-refractivity contribution in [1.29, 1.82) is 0 Å². The molecule has 23 heavy (non-hydrogen) atoms. The first-order valence-corrected chi connectivity index (χ1v) is 9.47. The number of hydrogen-bond donors (Lipinski definition) is 2. The molecule has 1 heterocycles. The van der Waals surface area contributed by atoms with E-state index in [1.54, 1.807) is 0 Å². The normalized spacial score (nSPS) is 20.4. The third-order valence-electron chi connectivity index (χ3n) is 5.47. The molecular weight excluding hydrogens is 284 g/mol. The maximum atomic E-state index is 12.4. The molecule has 1 saturated heterocycles.